The number of nitrogens with one attached hydrogen (secondary N) is 1. The van der Waals surface area contributed by atoms with Gasteiger partial charge in [-0.15, -0.1) is 0 Å². The Morgan fingerprint density at radius 1 is 1.19 bits per heavy atom. The largest absolute Gasteiger partial charge is 0.494 e. The first-order valence-corrected chi connectivity index (χ1v) is 9.21. The van der Waals surface area contributed by atoms with Gasteiger partial charge in [0.25, 0.3) is 5.69 Å². The lowest BCUT2D eigenvalue weighted by Gasteiger charge is -2.40. The molecule has 1 heterocycles. The lowest BCUT2D eigenvalue weighted by Crippen LogP contribution is -2.53. The van der Waals surface area contributed by atoms with E-state index in [1.54, 1.807) is 4.90 Å². The van der Waals surface area contributed by atoms with Crippen LogP contribution in [0.25, 0.3) is 0 Å². The highest BCUT2D eigenvalue weighted by Crippen LogP contribution is 2.29. The van der Waals surface area contributed by atoms with Gasteiger partial charge in [-0.3, -0.25) is 15.0 Å². The standard InChI is InChI=1S/C18H26N4O4/c1-26-17-13-15(22(24)25)7-8-16(17)19-18(23)21-11-9-20(10-12-21)14-5-3-2-4-6-14/h7-8,13-14H,2-6,9-12H2,1H3,(H,19,23). The number of hydrogen-bond acceptors (Lipinski definition) is 5. The lowest BCUT2D eigenvalue weighted by molar-refractivity contribution is -0.384. The molecule has 8 nitrogen and oxygen atoms in total. The Hall–Kier alpha value is -2.35. The van der Waals surface area contributed by atoms with Crippen molar-refractivity contribution in [2.75, 3.05) is 38.6 Å². The molecule has 2 aliphatic rings. The number of urea groups is 1. The maximum Gasteiger partial charge on any atom is 0.322 e. The number of rotatable bonds is 4. The summed E-state index contributed by atoms with van der Waals surface area (Å²) in [5, 5.41) is 13.7. The van der Waals surface area contributed by atoms with E-state index in [9.17, 15) is 14.9 Å². The van der Waals surface area contributed by atoms with Crippen LogP contribution in [0.3, 0.4) is 0 Å². The number of nitro groups is 1. The molecule has 3 rings (SSSR count). The number of methoxy groups -OCH3 is 1. The Morgan fingerprint density at radius 2 is 1.88 bits per heavy atom. The van der Waals surface area contributed by atoms with E-state index in [2.05, 4.69) is 10.2 Å². The summed E-state index contributed by atoms with van der Waals surface area (Å²) < 4.78 is 5.17. The van der Waals surface area contributed by atoms with Gasteiger partial charge in [0.15, 0.2) is 0 Å². The van der Waals surface area contributed by atoms with Crippen LogP contribution < -0.4 is 10.1 Å². The summed E-state index contributed by atoms with van der Waals surface area (Å²) >= 11 is 0. The van der Waals surface area contributed by atoms with E-state index in [1.165, 1.54) is 57.4 Å². The van der Waals surface area contributed by atoms with Crippen molar-refractivity contribution < 1.29 is 14.5 Å². The van der Waals surface area contributed by atoms with Crippen molar-refractivity contribution in [3.63, 3.8) is 0 Å². The maximum absolute atomic E-state index is 12.5. The average molecular weight is 362 g/mol. The number of ether oxygens (including phenoxy) is 1. The predicted octanol–water partition coefficient (Wildman–Crippen LogP) is 3.09. The molecule has 1 saturated heterocycles. The van der Waals surface area contributed by atoms with Gasteiger partial charge in [-0.1, -0.05) is 19.3 Å². The number of non-ortho nitro benzene ring substituents is 1. The second kappa shape index (κ2) is 8.35. The van der Waals surface area contributed by atoms with Crippen molar-refractivity contribution in [2.24, 2.45) is 0 Å². The summed E-state index contributed by atoms with van der Waals surface area (Å²) in [5.41, 5.74) is 0.374. The van der Waals surface area contributed by atoms with Crippen LogP contribution in [0.4, 0.5) is 16.2 Å². The van der Waals surface area contributed by atoms with Crippen molar-refractivity contribution in [1.82, 2.24) is 9.80 Å². The molecule has 2 fully saturated rings. The molecule has 0 unspecified atom stereocenters. The van der Waals surface area contributed by atoms with Gasteiger partial charge in [0, 0.05) is 38.3 Å². The molecule has 1 N–H and O–H groups in total. The van der Waals surface area contributed by atoms with Gasteiger partial charge >= 0.3 is 6.03 Å². The molecular weight excluding hydrogens is 336 g/mol. The van der Waals surface area contributed by atoms with Crippen molar-refractivity contribution in [1.29, 1.82) is 0 Å². The molecular formula is C18H26N4O4. The van der Waals surface area contributed by atoms with Crippen LogP contribution in [-0.2, 0) is 0 Å². The lowest BCUT2D eigenvalue weighted by atomic mass is 9.94. The van der Waals surface area contributed by atoms with E-state index >= 15 is 0 Å². The van der Waals surface area contributed by atoms with Crippen LogP contribution in [0.5, 0.6) is 5.75 Å². The molecule has 142 valence electrons. The van der Waals surface area contributed by atoms with Crippen LogP contribution >= 0.6 is 0 Å². The minimum absolute atomic E-state index is 0.0686. The molecule has 0 atom stereocenters. The zero-order chi connectivity index (χ0) is 18.5. The molecule has 2 amide bonds. The van der Waals surface area contributed by atoms with E-state index in [-0.39, 0.29) is 17.5 Å². The van der Waals surface area contributed by atoms with E-state index in [1.807, 2.05) is 0 Å². The van der Waals surface area contributed by atoms with Gasteiger partial charge in [-0.25, -0.2) is 4.79 Å². The van der Waals surface area contributed by atoms with Crippen molar-refractivity contribution in [3.8, 4) is 5.75 Å². The first-order chi connectivity index (χ1) is 12.6. The van der Waals surface area contributed by atoms with Gasteiger partial charge in [-0.05, 0) is 18.9 Å². The molecule has 0 spiro atoms. The summed E-state index contributed by atoms with van der Waals surface area (Å²) in [6, 6.07) is 4.66. The topological polar surface area (TPSA) is 87.9 Å². The normalized spacial score (nSPS) is 19.2. The first kappa shape index (κ1) is 18.4. The fraction of sp³-hybridized carbons (Fsp3) is 0.611. The summed E-state index contributed by atoms with van der Waals surface area (Å²) in [5.74, 6) is 0.286. The predicted molar refractivity (Wildman–Crippen MR) is 98.7 cm³/mol. The molecule has 1 saturated carbocycles. The third kappa shape index (κ3) is 4.24. The summed E-state index contributed by atoms with van der Waals surface area (Å²) in [6.07, 6.45) is 6.50. The third-order valence-electron chi connectivity index (χ3n) is 5.33. The van der Waals surface area contributed by atoms with Gasteiger partial charge in [0.2, 0.25) is 0 Å². The Balaban J connectivity index is 1.56. The van der Waals surface area contributed by atoms with E-state index in [4.69, 9.17) is 4.74 Å². The van der Waals surface area contributed by atoms with Crippen LogP contribution in [-0.4, -0.2) is 60.1 Å². The Morgan fingerprint density at radius 3 is 2.50 bits per heavy atom. The monoisotopic (exact) mass is 362 g/mol. The fourth-order valence-corrected chi connectivity index (χ4v) is 3.83. The van der Waals surface area contributed by atoms with Gasteiger partial charge in [0.05, 0.1) is 23.8 Å². The highest BCUT2D eigenvalue weighted by molar-refractivity contribution is 5.91. The minimum atomic E-state index is -0.487. The Kier molecular flexibility index (Phi) is 5.92. The fourth-order valence-electron chi connectivity index (χ4n) is 3.83. The Bertz CT molecular complexity index is 653. The molecule has 0 aromatic heterocycles. The number of carbonyl (C=O) groups is 1. The first-order valence-electron chi connectivity index (χ1n) is 9.21. The summed E-state index contributed by atoms with van der Waals surface area (Å²) in [7, 11) is 1.43. The molecule has 1 aliphatic carbocycles. The third-order valence-corrected chi connectivity index (χ3v) is 5.33. The minimum Gasteiger partial charge on any atom is -0.494 e. The SMILES string of the molecule is COc1cc([N+](=O)[O-])ccc1NC(=O)N1CCN(C2CCCCC2)CC1. The number of piperazine rings is 1. The van der Waals surface area contributed by atoms with Gasteiger partial charge in [-0.2, -0.15) is 0 Å². The molecule has 0 radical (unpaired) electrons. The van der Waals surface area contributed by atoms with Crippen LogP contribution in [0, 0.1) is 10.1 Å². The van der Waals surface area contributed by atoms with Gasteiger partial charge in [0.1, 0.15) is 5.75 Å². The molecule has 26 heavy (non-hydrogen) atoms. The number of nitrogens with zero attached hydrogens (tertiary/aromatic N) is 3. The number of anilines is 1. The molecule has 1 aromatic rings. The summed E-state index contributed by atoms with van der Waals surface area (Å²) in [4.78, 5) is 27.2. The zero-order valence-corrected chi connectivity index (χ0v) is 15.1. The van der Waals surface area contributed by atoms with E-state index < -0.39 is 4.92 Å². The highest BCUT2D eigenvalue weighted by Gasteiger charge is 2.27. The average Bonchev–Trinajstić information content (AvgIpc) is 2.69. The quantitative estimate of drug-likeness (QED) is 0.657. The second-order valence-corrected chi connectivity index (χ2v) is 6.89. The number of hydrogen-bond donors (Lipinski definition) is 1. The smallest absolute Gasteiger partial charge is 0.322 e. The number of amides is 2. The Labute approximate surface area is 153 Å². The molecule has 1 aromatic carbocycles. The van der Waals surface area contributed by atoms with Crippen molar-refractivity contribution in [3.05, 3.63) is 28.3 Å². The van der Waals surface area contributed by atoms with Crippen LogP contribution in [0.15, 0.2) is 18.2 Å². The van der Waals surface area contributed by atoms with Crippen LogP contribution in [0.1, 0.15) is 32.1 Å². The molecule has 1 aliphatic heterocycles. The molecule has 0 bridgehead atoms. The maximum atomic E-state index is 12.5. The number of carbonyl (C=O) groups excluding carboxylic acids is 1. The highest BCUT2D eigenvalue weighted by atomic mass is 16.6. The zero-order valence-electron chi connectivity index (χ0n) is 15.1. The second-order valence-electron chi connectivity index (χ2n) is 6.89. The van der Waals surface area contributed by atoms with Crippen LogP contribution in [0.2, 0.25) is 0 Å². The number of nitro benzene ring substituents is 1. The van der Waals surface area contributed by atoms with Crippen molar-refractivity contribution >= 4 is 17.4 Å². The van der Waals surface area contributed by atoms with E-state index in [0.29, 0.717) is 24.8 Å². The van der Waals surface area contributed by atoms with E-state index in [0.717, 1.165) is 13.1 Å². The van der Waals surface area contributed by atoms with Crippen molar-refractivity contribution in [2.45, 2.75) is 38.1 Å². The van der Waals surface area contributed by atoms with Gasteiger partial charge < -0.3 is 15.0 Å². The molecule has 8 heteroatoms. The number of benzene rings is 1. The summed E-state index contributed by atoms with van der Waals surface area (Å²) in [6.45, 7) is 3.18.